The maximum atomic E-state index is 4.66. The number of nitrogens with one attached hydrogen (secondary N) is 2. The second-order valence-electron chi connectivity index (χ2n) is 5.63. The predicted molar refractivity (Wildman–Crippen MR) is 77.0 cm³/mol. The molecular formula is C14H28N4. The highest BCUT2D eigenvalue weighted by atomic mass is 15.2. The molecule has 2 fully saturated rings. The summed E-state index contributed by atoms with van der Waals surface area (Å²) in [4.78, 5) is 7.21. The van der Waals surface area contributed by atoms with Crippen LogP contribution in [0.1, 0.15) is 39.5 Å². The van der Waals surface area contributed by atoms with Crippen LogP contribution in [0, 0.1) is 5.92 Å². The lowest BCUT2D eigenvalue weighted by Crippen LogP contribution is -2.39. The van der Waals surface area contributed by atoms with Crippen LogP contribution in [0.2, 0.25) is 0 Å². The Morgan fingerprint density at radius 3 is 2.67 bits per heavy atom. The average molecular weight is 252 g/mol. The molecule has 1 saturated heterocycles. The van der Waals surface area contributed by atoms with Gasteiger partial charge in [-0.25, -0.2) is 0 Å². The Morgan fingerprint density at radius 1 is 1.33 bits per heavy atom. The first-order valence-electron chi connectivity index (χ1n) is 7.57. The average Bonchev–Trinajstić information content (AvgIpc) is 2.84. The van der Waals surface area contributed by atoms with Gasteiger partial charge < -0.3 is 15.5 Å². The van der Waals surface area contributed by atoms with Crippen LogP contribution in [-0.2, 0) is 0 Å². The fourth-order valence-corrected chi connectivity index (χ4v) is 2.51. The molecule has 2 N–H and O–H groups in total. The first-order valence-corrected chi connectivity index (χ1v) is 7.57. The van der Waals surface area contributed by atoms with Gasteiger partial charge in [0.25, 0.3) is 0 Å². The van der Waals surface area contributed by atoms with Gasteiger partial charge in [0.1, 0.15) is 0 Å². The maximum Gasteiger partial charge on any atom is 0.191 e. The lowest BCUT2D eigenvalue weighted by molar-refractivity contribution is 0.336. The number of guanidine groups is 1. The van der Waals surface area contributed by atoms with E-state index in [0.717, 1.165) is 25.0 Å². The molecular weight excluding hydrogens is 224 g/mol. The van der Waals surface area contributed by atoms with Crippen molar-refractivity contribution in [1.29, 1.82) is 0 Å². The maximum absolute atomic E-state index is 4.66. The molecule has 0 amide bonds. The van der Waals surface area contributed by atoms with Crippen LogP contribution in [-0.4, -0.2) is 49.6 Å². The topological polar surface area (TPSA) is 39.7 Å². The molecule has 2 aliphatic rings. The van der Waals surface area contributed by atoms with Crippen LogP contribution in [0.15, 0.2) is 4.99 Å². The Morgan fingerprint density at radius 2 is 2.06 bits per heavy atom. The Kier molecular flexibility index (Phi) is 5.29. The first kappa shape index (κ1) is 13.7. The summed E-state index contributed by atoms with van der Waals surface area (Å²) in [5.41, 5.74) is 0. The van der Waals surface area contributed by atoms with Gasteiger partial charge in [0.2, 0.25) is 0 Å². The summed E-state index contributed by atoms with van der Waals surface area (Å²) in [6.45, 7) is 10.1. The van der Waals surface area contributed by atoms with Crippen molar-refractivity contribution in [2.45, 2.75) is 45.6 Å². The van der Waals surface area contributed by atoms with Crippen LogP contribution in [0.5, 0.6) is 0 Å². The highest BCUT2D eigenvalue weighted by molar-refractivity contribution is 5.80. The van der Waals surface area contributed by atoms with E-state index >= 15 is 0 Å². The van der Waals surface area contributed by atoms with Crippen molar-refractivity contribution in [3.05, 3.63) is 0 Å². The zero-order valence-electron chi connectivity index (χ0n) is 11.9. The zero-order chi connectivity index (χ0) is 12.8. The van der Waals surface area contributed by atoms with Gasteiger partial charge in [0.15, 0.2) is 5.96 Å². The monoisotopic (exact) mass is 252 g/mol. The molecule has 4 heteroatoms. The molecule has 4 nitrogen and oxygen atoms in total. The van der Waals surface area contributed by atoms with Gasteiger partial charge >= 0.3 is 0 Å². The van der Waals surface area contributed by atoms with E-state index in [1.165, 1.54) is 45.3 Å². The van der Waals surface area contributed by atoms with Gasteiger partial charge in [0.05, 0.1) is 0 Å². The summed E-state index contributed by atoms with van der Waals surface area (Å²) in [6, 6.07) is 0.654. The van der Waals surface area contributed by atoms with E-state index in [4.69, 9.17) is 0 Å². The molecule has 104 valence electrons. The number of rotatable bonds is 6. The molecule has 1 aliphatic heterocycles. The molecule has 0 radical (unpaired) electrons. The fraction of sp³-hybridized carbons (Fsp3) is 0.929. The van der Waals surface area contributed by atoms with Crippen molar-refractivity contribution in [3.8, 4) is 0 Å². The van der Waals surface area contributed by atoms with E-state index in [9.17, 15) is 0 Å². The largest absolute Gasteiger partial charge is 0.357 e. The quantitative estimate of drug-likeness (QED) is 0.427. The Balaban J connectivity index is 1.63. The van der Waals surface area contributed by atoms with Gasteiger partial charge in [-0.2, -0.15) is 0 Å². The van der Waals surface area contributed by atoms with Crippen LogP contribution < -0.4 is 10.6 Å². The summed E-state index contributed by atoms with van der Waals surface area (Å²) in [6.07, 6.45) is 5.23. The minimum absolute atomic E-state index is 0.654. The lowest BCUT2D eigenvalue weighted by atomic mass is 10.4. The molecule has 0 aromatic heterocycles. The zero-order valence-corrected chi connectivity index (χ0v) is 11.9. The molecule has 0 aromatic rings. The SMILES string of the molecule is CCNC(=NCCCN1CCCC1)NC1CC1C. The number of hydrogen-bond acceptors (Lipinski definition) is 2. The summed E-state index contributed by atoms with van der Waals surface area (Å²) in [5.74, 6) is 1.83. The number of nitrogens with zero attached hydrogens (tertiary/aromatic N) is 2. The third-order valence-electron chi connectivity index (χ3n) is 3.88. The molecule has 18 heavy (non-hydrogen) atoms. The molecule has 2 unspecified atom stereocenters. The van der Waals surface area contributed by atoms with Gasteiger partial charge in [-0.05, 0) is 58.2 Å². The minimum Gasteiger partial charge on any atom is -0.357 e. The molecule has 2 rings (SSSR count). The number of likely N-dealkylation sites (tertiary alicyclic amines) is 1. The third-order valence-corrected chi connectivity index (χ3v) is 3.88. The van der Waals surface area contributed by atoms with Gasteiger partial charge in [-0.1, -0.05) is 6.92 Å². The Labute approximate surface area is 111 Å². The summed E-state index contributed by atoms with van der Waals surface area (Å²) >= 11 is 0. The van der Waals surface area contributed by atoms with Crippen molar-refractivity contribution in [1.82, 2.24) is 15.5 Å². The normalized spacial score (nSPS) is 28.4. The highest BCUT2D eigenvalue weighted by Crippen LogP contribution is 2.28. The second-order valence-corrected chi connectivity index (χ2v) is 5.63. The summed E-state index contributed by atoms with van der Waals surface area (Å²) < 4.78 is 0. The van der Waals surface area contributed by atoms with E-state index in [1.54, 1.807) is 0 Å². The van der Waals surface area contributed by atoms with E-state index in [-0.39, 0.29) is 0 Å². The minimum atomic E-state index is 0.654. The van der Waals surface area contributed by atoms with Crippen molar-refractivity contribution >= 4 is 5.96 Å². The lowest BCUT2D eigenvalue weighted by Gasteiger charge is -2.14. The Hall–Kier alpha value is -0.770. The molecule has 0 aromatic carbocycles. The predicted octanol–water partition coefficient (Wildman–Crippen LogP) is 1.44. The first-order chi connectivity index (χ1) is 8.79. The van der Waals surface area contributed by atoms with Gasteiger partial charge in [0, 0.05) is 19.1 Å². The van der Waals surface area contributed by atoms with Crippen molar-refractivity contribution in [3.63, 3.8) is 0 Å². The molecule has 1 heterocycles. The van der Waals surface area contributed by atoms with Crippen molar-refractivity contribution < 1.29 is 0 Å². The van der Waals surface area contributed by atoms with Crippen LogP contribution >= 0.6 is 0 Å². The number of aliphatic imine (C=N–C) groups is 1. The van der Waals surface area contributed by atoms with Crippen LogP contribution in [0.25, 0.3) is 0 Å². The van der Waals surface area contributed by atoms with E-state index in [0.29, 0.717) is 6.04 Å². The molecule has 2 atom stereocenters. The third kappa shape index (κ3) is 4.48. The van der Waals surface area contributed by atoms with Crippen molar-refractivity contribution in [2.24, 2.45) is 10.9 Å². The molecule has 0 spiro atoms. The van der Waals surface area contributed by atoms with Gasteiger partial charge in [-0.3, -0.25) is 4.99 Å². The second kappa shape index (κ2) is 6.98. The fourth-order valence-electron chi connectivity index (χ4n) is 2.51. The van der Waals surface area contributed by atoms with E-state index < -0.39 is 0 Å². The van der Waals surface area contributed by atoms with Crippen molar-refractivity contribution in [2.75, 3.05) is 32.7 Å². The van der Waals surface area contributed by atoms with Crippen LogP contribution in [0.3, 0.4) is 0 Å². The smallest absolute Gasteiger partial charge is 0.191 e. The summed E-state index contributed by atoms with van der Waals surface area (Å²) in [7, 11) is 0. The molecule has 1 saturated carbocycles. The van der Waals surface area contributed by atoms with Crippen LogP contribution in [0.4, 0.5) is 0 Å². The van der Waals surface area contributed by atoms with E-state index in [1.807, 2.05) is 0 Å². The molecule has 1 aliphatic carbocycles. The van der Waals surface area contributed by atoms with E-state index in [2.05, 4.69) is 34.4 Å². The highest BCUT2D eigenvalue weighted by Gasteiger charge is 2.33. The Bertz CT molecular complexity index is 271. The van der Waals surface area contributed by atoms with Gasteiger partial charge in [-0.15, -0.1) is 0 Å². The standard InChI is InChI=1S/C14H28N4/c1-3-15-14(17-13-11-12(13)2)16-7-6-10-18-8-4-5-9-18/h12-13H,3-11H2,1-2H3,(H2,15,16,17). The number of hydrogen-bond donors (Lipinski definition) is 2. The summed E-state index contributed by atoms with van der Waals surface area (Å²) in [5, 5.41) is 6.82. The molecule has 0 bridgehead atoms.